The van der Waals surface area contributed by atoms with Gasteiger partial charge in [0.1, 0.15) is 0 Å². The monoisotopic (exact) mass is 453 g/mol. The van der Waals surface area contributed by atoms with Crippen LogP contribution in [0.4, 0.5) is 0 Å². The summed E-state index contributed by atoms with van der Waals surface area (Å²) in [5.74, 6) is -0.429. The number of hydrazine groups is 1. The highest BCUT2D eigenvalue weighted by molar-refractivity contribution is 6.02. The molecule has 0 aliphatic carbocycles. The third-order valence-electron chi connectivity index (χ3n) is 5.18. The lowest BCUT2D eigenvalue weighted by atomic mass is 10.1. The van der Waals surface area contributed by atoms with Crippen molar-refractivity contribution >= 4 is 23.6 Å². The van der Waals surface area contributed by atoms with Gasteiger partial charge in [-0.1, -0.05) is 25.5 Å². The lowest BCUT2D eigenvalue weighted by Gasteiger charge is -2.14. The average molecular weight is 453 g/mol. The maximum absolute atomic E-state index is 12.4. The Morgan fingerprint density at radius 1 is 0.909 bits per heavy atom. The van der Waals surface area contributed by atoms with Gasteiger partial charge in [0, 0.05) is 24.0 Å². The van der Waals surface area contributed by atoms with Gasteiger partial charge in [0.25, 0.3) is 11.8 Å². The van der Waals surface area contributed by atoms with Crippen LogP contribution in [0.2, 0.25) is 0 Å². The molecule has 0 spiro atoms. The summed E-state index contributed by atoms with van der Waals surface area (Å²) in [5, 5.41) is 0. The topological polar surface area (TPSA) is 114 Å². The minimum atomic E-state index is -0.510. The van der Waals surface area contributed by atoms with Gasteiger partial charge in [-0.15, -0.1) is 0 Å². The van der Waals surface area contributed by atoms with E-state index < -0.39 is 11.8 Å². The van der Waals surface area contributed by atoms with E-state index in [1.54, 1.807) is 42.5 Å². The third kappa shape index (κ3) is 6.09. The Hall–Kier alpha value is -3.88. The zero-order valence-electron chi connectivity index (χ0n) is 18.7. The molecule has 0 saturated carbocycles. The normalized spacial score (nSPS) is 13.1. The number of methoxy groups -OCH3 is 1. The number of hydrogen-bond donors (Lipinski definition) is 2. The molecule has 0 radical (unpaired) electrons. The Kier molecular flexibility index (Phi) is 8.01. The van der Waals surface area contributed by atoms with Gasteiger partial charge in [-0.3, -0.25) is 34.9 Å². The van der Waals surface area contributed by atoms with Crippen LogP contribution in [0.3, 0.4) is 0 Å². The molecule has 1 saturated heterocycles. The molecule has 2 aromatic carbocycles. The molecule has 1 aliphatic rings. The van der Waals surface area contributed by atoms with Crippen molar-refractivity contribution in [2.75, 3.05) is 13.7 Å². The van der Waals surface area contributed by atoms with E-state index >= 15 is 0 Å². The molecule has 9 heteroatoms. The van der Waals surface area contributed by atoms with E-state index in [2.05, 4.69) is 17.8 Å². The first-order valence-electron chi connectivity index (χ1n) is 10.8. The van der Waals surface area contributed by atoms with Crippen molar-refractivity contribution in [2.24, 2.45) is 0 Å². The van der Waals surface area contributed by atoms with Gasteiger partial charge in [-0.05, 0) is 42.3 Å². The number of nitrogens with zero attached hydrogens (tertiary/aromatic N) is 1. The number of imide groups is 1. The second-order valence-corrected chi connectivity index (χ2v) is 7.55. The third-order valence-corrected chi connectivity index (χ3v) is 5.18. The van der Waals surface area contributed by atoms with E-state index in [0.717, 1.165) is 18.4 Å². The molecule has 0 aromatic heterocycles. The lowest BCUT2D eigenvalue weighted by molar-refractivity contribution is -0.139. The molecule has 9 nitrogen and oxygen atoms in total. The maximum Gasteiger partial charge on any atom is 0.269 e. The number of hydrogen-bond acceptors (Lipinski definition) is 6. The fourth-order valence-electron chi connectivity index (χ4n) is 3.26. The highest BCUT2D eigenvalue weighted by Crippen LogP contribution is 2.28. The fraction of sp³-hybridized carbons (Fsp3) is 0.333. The molecule has 3 rings (SSSR count). The van der Waals surface area contributed by atoms with Crippen LogP contribution in [0.1, 0.15) is 58.9 Å². The molecule has 33 heavy (non-hydrogen) atoms. The molecule has 174 valence electrons. The van der Waals surface area contributed by atoms with Crippen LogP contribution in [0, 0.1) is 0 Å². The first-order chi connectivity index (χ1) is 15.9. The second-order valence-electron chi connectivity index (χ2n) is 7.55. The average Bonchev–Trinajstić information content (AvgIpc) is 3.15. The second kappa shape index (κ2) is 11.1. The summed E-state index contributed by atoms with van der Waals surface area (Å²) in [4.78, 5) is 49.5. The molecular formula is C24H27N3O6. The molecule has 4 amide bonds. The fourth-order valence-corrected chi connectivity index (χ4v) is 3.26. The predicted molar refractivity (Wildman–Crippen MR) is 120 cm³/mol. The minimum absolute atomic E-state index is 0.177. The molecule has 1 aliphatic heterocycles. The number of likely N-dealkylation sites (tertiary alicyclic amines) is 1. The zero-order chi connectivity index (χ0) is 23.8. The summed E-state index contributed by atoms with van der Waals surface area (Å²) < 4.78 is 11.0. The molecule has 0 bridgehead atoms. The van der Waals surface area contributed by atoms with Crippen LogP contribution in [-0.2, 0) is 16.1 Å². The number of amides is 4. The van der Waals surface area contributed by atoms with Crippen LogP contribution in [0.15, 0.2) is 42.5 Å². The highest BCUT2D eigenvalue weighted by Gasteiger charge is 2.28. The Labute approximate surface area is 192 Å². The number of carbonyl (C=O) groups excluding carboxylic acids is 4. The number of unbranched alkanes of at least 4 members (excludes halogenated alkanes) is 1. The Balaban J connectivity index is 1.55. The van der Waals surface area contributed by atoms with Crippen LogP contribution in [-0.4, -0.2) is 42.2 Å². The minimum Gasteiger partial charge on any atom is -0.493 e. The SMILES string of the molecule is CCCCOc1ccc(C(=O)NNC(=O)c2ccc(CN3C(=O)CCC3=O)cc2)cc1OC. The summed E-state index contributed by atoms with van der Waals surface area (Å²) in [6.45, 7) is 2.80. The van der Waals surface area contributed by atoms with Gasteiger partial charge >= 0.3 is 0 Å². The first-order valence-corrected chi connectivity index (χ1v) is 10.8. The van der Waals surface area contributed by atoms with Crippen LogP contribution >= 0.6 is 0 Å². The molecule has 0 atom stereocenters. The Bertz CT molecular complexity index is 1020. The summed E-state index contributed by atoms with van der Waals surface area (Å²) in [7, 11) is 1.49. The van der Waals surface area contributed by atoms with Crippen molar-refractivity contribution < 1.29 is 28.7 Å². The Morgan fingerprint density at radius 3 is 2.12 bits per heavy atom. The van der Waals surface area contributed by atoms with Crippen LogP contribution in [0.25, 0.3) is 0 Å². The van der Waals surface area contributed by atoms with Crippen molar-refractivity contribution in [3.63, 3.8) is 0 Å². The van der Waals surface area contributed by atoms with E-state index in [0.29, 0.717) is 29.2 Å². The van der Waals surface area contributed by atoms with Crippen molar-refractivity contribution in [1.29, 1.82) is 0 Å². The largest absolute Gasteiger partial charge is 0.493 e. The maximum atomic E-state index is 12.4. The van der Waals surface area contributed by atoms with Gasteiger partial charge in [-0.25, -0.2) is 0 Å². The summed E-state index contributed by atoms with van der Waals surface area (Å²) >= 11 is 0. The van der Waals surface area contributed by atoms with Crippen molar-refractivity contribution in [3.8, 4) is 11.5 Å². The number of benzene rings is 2. The van der Waals surface area contributed by atoms with E-state index in [1.165, 1.54) is 12.0 Å². The number of rotatable bonds is 9. The smallest absolute Gasteiger partial charge is 0.269 e. The van der Waals surface area contributed by atoms with Gasteiger partial charge < -0.3 is 9.47 Å². The molecule has 2 N–H and O–H groups in total. The summed E-state index contributed by atoms with van der Waals surface area (Å²) in [6, 6.07) is 11.2. The van der Waals surface area contributed by atoms with Gasteiger partial charge in [0.2, 0.25) is 11.8 Å². The van der Waals surface area contributed by atoms with Crippen molar-refractivity contribution in [3.05, 3.63) is 59.2 Å². The highest BCUT2D eigenvalue weighted by atomic mass is 16.5. The predicted octanol–water partition coefficient (Wildman–Crippen LogP) is 2.60. The molecule has 1 fully saturated rings. The van der Waals surface area contributed by atoms with Crippen LogP contribution in [0.5, 0.6) is 11.5 Å². The zero-order valence-corrected chi connectivity index (χ0v) is 18.7. The molecular weight excluding hydrogens is 426 g/mol. The summed E-state index contributed by atoms with van der Waals surface area (Å²) in [5.41, 5.74) is 6.08. The number of ether oxygens (including phenoxy) is 2. The van der Waals surface area contributed by atoms with Crippen LogP contribution < -0.4 is 20.3 Å². The van der Waals surface area contributed by atoms with Gasteiger partial charge in [0.05, 0.1) is 20.3 Å². The van der Waals surface area contributed by atoms with Crippen molar-refractivity contribution in [2.45, 2.75) is 39.2 Å². The summed E-state index contributed by atoms with van der Waals surface area (Å²) in [6.07, 6.45) is 2.38. The molecule has 0 unspecified atom stereocenters. The van der Waals surface area contributed by atoms with Gasteiger partial charge in [0.15, 0.2) is 11.5 Å². The lowest BCUT2D eigenvalue weighted by Crippen LogP contribution is -2.41. The molecule has 1 heterocycles. The van der Waals surface area contributed by atoms with E-state index in [4.69, 9.17) is 9.47 Å². The van der Waals surface area contributed by atoms with E-state index in [1.807, 2.05) is 0 Å². The number of carbonyl (C=O) groups is 4. The standard InChI is InChI=1S/C24H27N3O6/c1-3-4-13-33-19-10-9-18(14-20(19)32-2)24(31)26-25-23(30)17-7-5-16(6-8-17)15-27-21(28)11-12-22(27)29/h5-10,14H,3-4,11-13,15H2,1-2H3,(H,25,30)(H,26,31). The molecule has 2 aromatic rings. The van der Waals surface area contributed by atoms with E-state index in [9.17, 15) is 19.2 Å². The van der Waals surface area contributed by atoms with E-state index in [-0.39, 0.29) is 31.2 Å². The Morgan fingerprint density at radius 2 is 1.52 bits per heavy atom. The number of nitrogens with one attached hydrogen (secondary N) is 2. The van der Waals surface area contributed by atoms with Gasteiger partial charge in [-0.2, -0.15) is 0 Å². The van der Waals surface area contributed by atoms with Crippen molar-refractivity contribution in [1.82, 2.24) is 15.8 Å². The quantitative estimate of drug-likeness (QED) is 0.343. The first kappa shape index (κ1) is 23.8.